The van der Waals surface area contributed by atoms with Crippen molar-refractivity contribution in [2.24, 2.45) is 11.1 Å². The van der Waals surface area contributed by atoms with Crippen molar-refractivity contribution >= 4 is 17.7 Å². The quantitative estimate of drug-likeness (QED) is 0.814. The zero-order valence-electron chi connectivity index (χ0n) is 13.1. The van der Waals surface area contributed by atoms with Gasteiger partial charge in [-0.25, -0.2) is 0 Å². The van der Waals surface area contributed by atoms with Crippen LogP contribution in [0.4, 0.5) is 0 Å². The van der Waals surface area contributed by atoms with E-state index in [0.717, 1.165) is 0 Å². The number of thioether (sulfide) groups is 1. The number of hydrogen-bond acceptors (Lipinski definition) is 4. The van der Waals surface area contributed by atoms with Gasteiger partial charge >= 0.3 is 0 Å². The molecule has 3 atom stereocenters. The molecule has 3 unspecified atom stereocenters. The Hall–Kier alpha value is -0.260. The van der Waals surface area contributed by atoms with E-state index in [2.05, 4.69) is 12.2 Å². The second-order valence-corrected chi connectivity index (χ2v) is 8.61. The summed E-state index contributed by atoms with van der Waals surface area (Å²) in [5.74, 6) is 1.17. The van der Waals surface area contributed by atoms with Gasteiger partial charge in [-0.3, -0.25) is 4.79 Å². The van der Waals surface area contributed by atoms with E-state index in [9.17, 15) is 4.79 Å². The van der Waals surface area contributed by atoms with Crippen molar-refractivity contribution in [1.29, 1.82) is 0 Å². The third kappa shape index (κ3) is 2.60. The molecule has 1 amide bonds. The van der Waals surface area contributed by atoms with Crippen LogP contribution >= 0.6 is 11.8 Å². The fourth-order valence-electron chi connectivity index (χ4n) is 3.22. The molecule has 1 aliphatic heterocycles. The maximum Gasteiger partial charge on any atom is 0.240 e. The minimum Gasteiger partial charge on any atom is -0.378 e. The van der Waals surface area contributed by atoms with E-state index in [1.54, 1.807) is 0 Å². The van der Waals surface area contributed by atoms with E-state index in [1.165, 1.54) is 18.6 Å². The summed E-state index contributed by atoms with van der Waals surface area (Å²) in [6, 6.07) is 0. The van der Waals surface area contributed by atoms with Crippen LogP contribution in [0.1, 0.15) is 47.0 Å². The zero-order valence-corrected chi connectivity index (χ0v) is 13.9. The second kappa shape index (κ2) is 5.50. The van der Waals surface area contributed by atoms with Crippen molar-refractivity contribution in [2.75, 3.05) is 18.9 Å². The number of rotatable bonds is 5. The van der Waals surface area contributed by atoms with Crippen LogP contribution in [0.3, 0.4) is 0 Å². The van der Waals surface area contributed by atoms with Crippen molar-refractivity contribution in [1.82, 2.24) is 5.32 Å². The maximum atomic E-state index is 12.5. The fraction of sp³-hybridized carbons (Fsp3) is 0.933. The average Bonchev–Trinajstić information content (AvgIpc) is 2.83. The van der Waals surface area contributed by atoms with E-state index in [0.29, 0.717) is 19.6 Å². The maximum absolute atomic E-state index is 12.5. The fourth-order valence-corrected chi connectivity index (χ4v) is 4.47. The van der Waals surface area contributed by atoms with Crippen molar-refractivity contribution in [3.8, 4) is 0 Å². The molecular weight excluding hydrogens is 272 g/mol. The van der Waals surface area contributed by atoms with E-state index in [-0.39, 0.29) is 22.2 Å². The van der Waals surface area contributed by atoms with Crippen molar-refractivity contribution in [3.05, 3.63) is 0 Å². The lowest BCUT2D eigenvalue weighted by atomic mass is 9.54. The topological polar surface area (TPSA) is 64.3 Å². The molecule has 116 valence electrons. The Morgan fingerprint density at radius 3 is 2.65 bits per heavy atom. The van der Waals surface area contributed by atoms with Gasteiger partial charge in [0.1, 0.15) is 5.54 Å². The molecule has 0 radical (unpaired) electrons. The lowest BCUT2D eigenvalue weighted by Crippen LogP contribution is -2.76. The second-order valence-electron chi connectivity index (χ2n) is 6.93. The molecule has 0 aromatic carbocycles. The molecule has 2 fully saturated rings. The lowest BCUT2D eigenvalue weighted by molar-refractivity contribution is -0.170. The van der Waals surface area contributed by atoms with Crippen LogP contribution in [0, 0.1) is 5.41 Å². The van der Waals surface area contributed by atoms with Gasteiger partial charge < -0.3 is 15.8 Å². The first-order valence-corrected chi connectivity index (χ1v) is 8.56. The summed E-state index contributed by atoms with van der Waals surface area (Å²) in [6.07, 6.45) is 3.10. The highest BCUT2D eigenvalue weighted by Gasteiger charge is 2.62. The predicted octanol–water partition coefficient (Wildman–Crippen LogP) is 1.92. The SMILES string of the molecule is CCOC1CC(N)(C(=O)NCC2(C)CCCS2)C1(C)C. The van der Waals surface area contributed by atoms with Crippen LogP contribution in [-0.4, -0.2) is 41.2 Å². The molecule has 3 N–H and O–H groups in total. The molecular formula is C15H28N2O2S. The largest absolute Gasteiger partial charge is 0.378 e. The molecule has 2 rings (SSSR count). The summed E-state index contributed by atoms with van der Waals surface area (Å²) in [6.45, 7) is 9.64. The van der Waals surface area contributed by atoms with E-state index >= 15 is 0 Å². The van der Waals surface area contributed by atoms with Crippen LogP contribution in [0.2, 0.25) is 0 Å². The van der Waals surface area contributed by atoms with Gasteiger partial charge in [0.2, 0.25) is 5.91 Å². The van der Waals surface area contributed by atoms with Crippen LogP contribution in [0.25, 0.3) is 0 Å². The summed E-state index contributed by atoms with van der Waals surface area (Å²) in [5, 5.41) is 3.09. The summed E-state index contributed by atoms with van der Waals surface area (Å²) in [7, 11) is 0. The number of amides is 1. The van der Waals surface area contributed by atoms with E-state index < -0.39 is 5.54 Å². The highest BCUT2D eigenvalue weighted by atomic mass is 32.2. The Balaban J connectivity index is 1.92. The molecule has 2 aliphatic rings. The number of carbonyl (C=O) groups excluding carboxylic acids is 1. The van der Waals surface area contributed by atoms with Crippen LogP contribution in [-0.2, 0) is 9.53 Å². The minimum absolute atomic E-state index is 0.0211. The molecule has 0 bridgehead atoms. The average molecular weight is 300 g/mol. The molecule has 1 saturated carbocycles. The van der Waals surface area contributed by atoms with Gasteiger partial charge in [0.25, 0.3) is 0 Å². The van der Waals surface area contributed by atoms with Gasteiger partial charge in [0.15, 0.2) is 0 Å². The predicted molar refractivity (Wildman–Crippen MR) is 83.8 cm³/mol. The lowest BCUT2D eigenvalue weighted by Gasteiger charge is -2.57. The van der Waals surface area contributed by atoms with Crippen molar-refractivity contribution in [3.63, 3.8) is 0 Å². The normalized spacial score (nSPS) is 39.4. The smallest absolute Gasteiger partial charge is 0.240 e. The van der Waals surface area contributed by atoms with E-state index in [4.69, 9.17) is 10.5 Å². The van der Waals surface area contributed by atoms with Gasteiger partial charge in [-0.05, 0) is 32.4 Å². The zero-order chi connectivity index (χ0) is 15.0. The monoisotopic (exact) mass is 300 g/mol. The molecule has 0 aromatic rings. The first-order valence-electron chi connectivity index (χ1n) is 7.58. The summed E-state index contributed by atoms with van der Waals surface area (Å²) < 4.78 is 5.85. The number of nitrogens with one attached hydrogen (secondary N) is 1. The van der Waals surface area contributed by atoms with Crippen LogP contribution in [0.5, 0.6) is 0 Å². The van der Waals surface area contributed by atoms with E-state index in [1.807, 2.05) is 32.5 Å². The molecule has 1 saturated heterocycles. The standard InChI is InChI=1S/C15H28N2O2S/c1-5-19-11-9-15(16,13(11,2)3)12(18)17-10-14(4)7-6-8-20-14/h11H,5-10,16H2,1-4H3,(H,17,18). The van der Waals surface area contributed by atoms with Gasteiger partial charge in [0, 0.05) is 29.7 Å². The third-order valence-electron chi connectivity index (χ3n) is 5.16. The molecule has 1 heterocycles. The molecule has 5 heteroatoms. The Labute approximate surface area is 126 Å². The van der Waals surface area contributed by atoms with Gasteiger partial charge in [-0.15, -0.1) is 0 Å². The summed E-state index contributed by atoms with van der Waals surface area (Å²) in [4.78, 5) is 12.5. The summed E-state index contributed by atoms with van der Waals surface area (Å²) in [5.41, 5.74) is 5.27. The Bertz CT molecular complexity index is 380. The molecule has 4 nitrogen and oxygen atoms in total. The first kappa shape index (κ1) is 16.1. The highest BCUT2D eigenvalue weighted by molar-refractivity contribution is 8.00. The van der Waals surface area contributed by atoms with Gasteiger partial charge in [0.05, 0.1) is 6.10 Å². The van der Waals surface area contributed by atoms with Crippen LogP contribution < -0.4 is 11.1 Å². The Kier molecular flexibility index (Phi) is 4.43. The van der Waals surface area contributed by atoms with Crippen molar-refractivity contribution in [2.45, 2.75) is 63.3 Å². The number of hydrogen-bond donors (Lipinski definition) is 2. The first-order chi connectivity index (χ1) is 9.25. The summed E-state index contributed by atoms with van der Waals surface area (Å²) >= 11 is 1.95. The van der Waals surface area contributed by atoms with Gasteiger partial charge in [-0.1, -0.05) is 13.8 Å². The third-order valence-corrected chi connectivity index (χ3v) is 6.70. The van der Waals surface area contributed by atoms with Crippen LogP contribution in [0.15, 0.2) is 0 Å². The highest BCUT2D eigenvalue weighted by Crippen LogP contribution is 2.50. The Morgan fingerprint density at radius 1 is 1.45 bits per heavy atom. The number of ether oxygens (including phenoxy) is 1. The molecule has 1 aliphatic carbocycles. The van der Waals surface area contributed by atoms with Gasteiger partial charge in [-0.2, -0.15) is 11.8 Å². The molecule has 20 heavy (non-hydrogen) atoms. The number of carbonyl (C=O) groups is 1. The Morgan fingerprint density at radius 2 is 2.15 bits per heavy atom. The van der Waals surface area contributed by atoms with Crippen molar-refractivity contribution < 1.29 is 9.53 Å². The minimum atomic E-state index is -0.799. The molecule has 0 aromatic heterocycles. The molecule has 0 spiro atoms. The number of nitrogens with two attached hydrogens (primary N) is 1.